The van der Waals surface area contributed by atoms with Crippen molar-refractivity contribution in [2.45, 2.75) is 32.8 Å². The van der Waals surface area contributed by atoms with Crippen molar-refractivity contribution >= 4 is 0 Å². The maximum Gasteiger partial charge on any atom is 0.129 e. The van der Waals surface area contributed by atoms with Gasteiger partial charge in [-0.2, -0.15) is 0 Å². The minimum atomic E-state index is -0.198. The van der Waals surface area contributed by atoms with Gasteiger partial charge in [0.05, 0.1) is 40.6 Å². The summed E-state index contributed by atoms with van der Waals surface area (Å²) in [5.41, 5.74) is 4.16. The van der Waals surface area contributed by atoms with Gasteiger partial charge in [0, 0.05) is 22.3 Å². The molecule has 0 aliphatic rings. The van der Waals surface area contributed by atoms with Gasteiger partial charge in [-0.1, -0.05) is 0 Å². The third-order valence-electron chi connectivity index (χ3n) is 4.10. The summed E-state index contributed by atoms with van der Waals surface area (Å²) in [6, 6.07) is 7.28. The van der Waals surface area contributed by atoms with E-state index in [1.807, 2.05) is 24.3 Å². The lowest BCUT2D eigenvalue weighted by Gasteiger charge is -2.16. The van der Waals surface area contributed by atoms with Gasteiger partial charge >= 0.3 is 0 Å². The second-order valence-electron chi connectivity index (χ2n) is 5.70. The summed E-state index contributed by atoms with van der Waals surface area (Å²) >= 11 is 0. The average Bonchev–Trinajstić information content (AvgIpc) is 2.65. The molecule has 0 aromatic heterocycles. The van der Waals surface area contributed by atoms with Crippen molar-refractivity contribution in [3.8, 4) is 11.5 Å². The van der Waals surface area contributed by atoms with Crippen LogP contribution in [0, 0.1) is 0 Å². The largest absolute Gasteiger partial charge is 0.496 e. The van der Waals surface area contributed by atoms with Gasteiger partial charge in [-0.3, -0.25) is 0 Å². The normalized spacial score (nSPS) is 10.8. The van der Waals surface area contributed by atoms with Crippen LogP contribution in [0.1, 0.15) is 33.4 Å². The second-order valence-corrected chi connectivity index (χ2v) is 5.70. The lowest BCUT2D eigenvalue weighted by atomic mass is 9.96. The van der Waals surface area contributed by atoms with Crippen LogP contribution in [0.15, 0.2) is 24.3 Å². The number of ether oxygens (including phenoxy) is 2. The Kier molecular flexibility index (Phi) is 6.78. The summed E-state index contributed by atoms with van der Waals surface area (Å²) in [6.45, 7) is -0.792. The Balaban J connectivity index is 2.45. The molecule has 0 amide bonds. The molecule has 0 bridgehead atoms. The zero-order valence-electron chi connectivity index (χ0n) is 14.5. The highest BCUT2D eigenvalue weighted by molar-refractivity contribution is 5.48. The Morgan fingerprint density at radius 1 is 0.600 bits per heavy atom. The van der Waals surface area contributed by atoms with Crippen molar-refractivity contribution in [3.63, 3.8) is 0 Å². The van der Waals surface area contributed by atoms with E-state index in [0.717, 1.165) is 11.1 Å². The van der Waals surface area contributed by atoms with Gasteiger partial charge in [0.25, 0.3) is 0 Å². The molecule has 2 aromatic carbocycles. The van der Waals surface area contributed by atoms with E-state index in [9.17, 15) is 20.4 Å². The third-order valence-corrected chi connectivity index (χ3v) is 4.10. The van der Waals surface area contributed by atoms with Crippen molar-refractivity contribution in [2.75, 3.05) is 14.2 Å². The van der Waals surface area contributed by atoms with Crippen molar-refractivity contribution in [1.29, 1.82) is 0 Å². The van der Waals surface area contributed by atoms with E-state index in [0.29, 0.717) is 40.2 Å². The molecular formula is C19H24O6. The van der Waals surface area contributed by atoms with Gasteiger partial charge in [0.1, 0.15) is 11.5 Å². The lowest BCUT2D eigenvalue weighted by molar-refractivity contribution is 0.260. The summed E-state index contributed by atoms with van der Waals surface area (Å²) < 4.78 is 10.5. The smallest absolute Gasteiger partial charge is 0.129 e. The highest BCUT2D eigenvalue weighted by Crippen LogP contribution is 2.30. The quantitative estimate of drug-likeness (QED) is 0.573. The fourth-order valence-corrected chi connectivity index (χ4v) is 3.09. The molecule has 0 fully saturated rings. The summed E-state index contributed by atoms with van der Waals surface area (Å²) in [5.74, 6) is 0.964. The molecule has 0 heterocycles. The van der Waals surface area contributed by atoms with Gasteiger partial charge in [-0.15, -0.1) is 0 Å². The standard InChI is InChI=1S/C19H24O6/c1-24-18-14(8-20)4-12(5-15(18)9-21)3-13-6-16(10-22)19(25-2)17(7-13)11-23/h4-7,20-23H,3,8-11H2,1-2H3. The van der Waals surface area contributed by atoms with Crippen LogP contribution >= 0.6 is 0 Å². The van der Waals surface area contributed by atoms with E-state index < -0.39 is 0 Å². The fraction of sp³-hybridized carbons (Fsp3) is 0.368. The molecule has 0 unspecified atom stereocenters. The number of aliphatic hydroxyl groups is 4. The molecule has 0 saturated carbocycles. The van der Waals surface area contributed by atoms with Crippen molar-refractivity contribution < 1.29 is 29.9 Å². The molecule has 0 aliphatic heterocycles. The van der Waals surface area contributed by atoms with E-state index in [1.54, 1.807) is 0 Å². The molecule has 0 aliphatic carbocycles. The summed E-state index contributed by atoms with van der Waals surface area (Å²) in [5, 5.41) is 38.2. The van der Waals surface area contributed by atoms with Gasteiger partial charge in [0.2, 0.25) is 0 Å². The van der Waals surface area contributed by atoms with E-state index in [1.165, 1.54) is 14.2 Å². The summed E-state index contributed by atoms with van der Waals surface area (Å²) in [6.07, 6.45) is 0.508. The fourth-order valence-electron chi connectivity index (χ4n) is 3.09. The number of hydrogen-bond donors (Lipinski definition) is 4. The molecule has 6 nitrogen and oxygen atoms in total. The molecule has 0 spiro atoms. The number of methoxy groups -OCH3 is 2. The van der Waals surface area contributed by atoms with E-state index in [4.69, 9.17) is 9.47 Å². The van der Waals surface area contributed by atoms with E-state index in [2.05, 4.69) is 0 Å². The molecule has 25 heavy (non-hydrogen) atoms. The predicted octanol–water partition coefficient (Wildman–Crippen LogP) is 1.26. The number of rotatable bonds is 8. The molecule has 0 saturated heterocycles. The summed E-state index contributed by atoms with van der Waals surface area (Å²) in [7, 11) is 3.00. The van der Waals surface area contributed by atoms with E-state index in [-0.39, 0.29) is 26.4 Å². The van der Waals surface area contributed by atoms with Crippen LogP contribution in [0.2, 0.25) is 0 Å². The van der Waals surface area contributed by atoms with Gasteiger partial charge in [-0.25, -0.2) is 0 Å². The highest BCUT2D eigenvalue weighted by Gasteiger charge is 2.14. The Bertz CT molecular complexity index is 614. The van der Waals surface area contributed by atoms with Crippen molar-refractivity contribution in [1.82, 2.24) is 0 Å². The lowest BCUT2D eigenvalue weighted by Crippen LogP contribution is -2.03. The van der Waals surface area contributed by atoms with Crippen LogP contribution in [0.3, 0.4) is 0 Å². The third kappa shape index (κ3) is 4.11. The first-order valence-corrected chi connectivity index (χ1v) is 7.92. The molecule has 4 N–H and O–H groups in total. The van der Waals surface area contributed by atoms with E-state index >= 15 is 0 Å². The predicted molar refractivity (Wildman–Crippen MR) is 92.5 cm³/mol. The minimum absolute atomic E-state index is 0.198. The maximum atomic E-state index is 9.55. The molecule has 0 atom stereocenters. The van der Waals surface area contributed by atoms with Gasteiger partial charge in [0.15, 0.2) is 0 Å². The number of benzene rings is 2. The molecular weight excluding hydrogens is 324 g/mol. The number of hydrogen-bond acceptors (Lipinski definition) is 6. The first-order valence-electron chi connectivity index (χ1n) is 7.92. The zero-order chi connectivity index (χ0) is 18.4. The molecule has 2 aromatic rings. The van der Waals surface area contributed by atoms with Crippen LogP contribution in [-0.4, -0.2) is 34.6 Å². The second kappa shape index (κ2) is 8.82. The zero-order valence-corrected chi connectivity index (χ0v) is 14.5. The molecule has 136 valence electrons. The highest BCUT2D eigenvalue weighted by atomic mass is 16.5. The van der Waals surface area contributed by atoms with Crippen LogP contribution in [-0.2, 0) is 32.8 Å². The SMILES string of the molecule is COc1c(CO)cc(Cc2cc(CO)c(OC)c(CO)c2)cc1CO. The monoisotopic (exact) mass is 348 g/mol. The van der Waals surface area contributed by atoms with Crippen molar-refractivity contribution in [2.24, 2.45) is 0 Å². The van der Waals surface area contributed by atoms with Crippen molar-refractivity contribution in [3.05, 3.63) is 57.6 Å². The average molecular weight is 348 g/mol. The Hall–Kier alpha value is -2.12. The first kappa shape index (κ1) is 19.2. The first-order chi connectivity index (χ1) is 12.1. The Labute approximate surface area is 146 Å². The van der Waals surface area contributed by atoms with Crippen LogP contribution in [0.4, 0.5) is 0 Å². The van der Waals surface area contributed by atoms with Gasteiger partial charge in [-0.05, 0) is 41.8 Å². The van der Waals surface area contributed by atoms with Crippen LogP contribution in [0.25, 0.3) is 0 Å². The minimum Gasteiger partial charge on any atom is -0.496 e. The summed E-state index contributed by atoms with van der Waals surface area (Å²) in [4.78, 5) is 0. The van der Waals surface area contributed by atoms with Crippen LogP contribution < -0.4 is 9.47 Å². The maximum absolute atomic E-state index is 9.55. The Morgan fingerprint density at radius 2 is 0.880 bits per heavy atom. The number of aliphatic hydroxyl groups excluding tert-OH is 4. The molecule has 2 rings (SSSR count). The molecule has 0 radical (unpaired) electrons. The Morgan fingerprint density at radius 3 is 1.08 bits per heavy atom. The van der Waals surface area contributed by atoms with Crippen LogP contribution in [0.5, 0.6) is 11.5 Å². The van der Waals surface area contributed by atoms with Gasteiger partial charge < -0.3 is 29.9 Å². The molecule has 6 heteroatoms. The topological polar surface area (TPSA) is 99.4 Å².